The molecule has 0 radical (unpaired) electrons. The molecule has 35 heavy (non-hydrogen) atoms. The van der Waals surface area contributed by atoms with Gasteiger partial charge in [-0.2, -0.15) is 0 Å². The molecular formula is C32H49NOSi. The number of unbranched alkanes of at least 4 members (excludes halogenated alkanes) is 4. The van der Waals surface area contributed by atoms with E-state index < -0.39 is 8.32 Å². The van der Waals surface area contributed by atoms with E-state index in [1.807, 2.05) is 0 Å². The summed E-state index contributed by atoms with van der Waals surface area (Å²) in [5.74, 6) is 0.882. The van der Waals surface area contributed by atoms with Crippen molar-refractivity contribution in [3.05, 3.63) is 60.7 Å². The van der Waals surface area contributed by atoms with E-state index >= 15 is 0 Å². The fourth-order valence-electron chi connectivity index (χ4n) is 6.79. The van der Waals surface area contributed by atoms with E-state index in [0.717, 1.165) is 18.6 Å². The molecule has 0 amide bonds. The lowest BCUT2D eigenvalue weighted by Gasteiger charge is -2.43. The van der Waals surface area contributed by atoms with Crippen LogP contribution >= 0.6 is 0 Å². The Morgan fingerprint density at radius 3 is 1.91 bits per heavy atom. The van der Waals surface area contributed by atoms with Gasteiger partial charge in [0.1, 0.15) is 0 Å². The van der Waals surface area contributed by atoms with Crippen molar-refractivity contribution in [2.24, 2.45) is 5.92 Å². The van der Waals surface area contributed by atoms with Crippen LogP contribution in [0.15, 0.2) is 60.7 Å². The third-order valence-corrected chi connectivity index (χ3v) is 13.7. The van der Waals surface area contributed by atoms with Gasteiger partial charge in [-0.25, -0.2) is 0 Å². The summed E-state index contributed by atoms with van der Waals surface area (Å²) in [6.45, 7) is 11.6. The SMILES string of the molecule is CCCCCCCN1[C@@H](CO[Si](c2ccccc2)(c2ccccc2)C(C)(C)C)[C@@H]1C1CCCCC1. The van der Waals surface area contributed by atoms with Crippen LogP contribution in [0.4, 0.5) is 0 Å². The minimum atomic E-state index is -2.46. The Morgan fingerprint density at radius 1 is 0.800 bits per heavy atom. The summed E-state index contributed by atoms with van der Waals surface area (Å²) in [5.41, 5.74) is 0. The highest BCUT2D eigenvalue weighted by Crippen LogP contribution is 2.43. The van der Waals surface area contributed by atoms with Crippen molar-refractivity contribution in [3.8, 4) is 0 Å². The fourth-order valence-corrected chi connectivity index (χ4v) is 11.4. The highest BCUT2D eigenvalue weighted by Gasteiger charge is 2.55. The fraction of sp³-hybridized carbons (Fsp3) is 0.625. The van der Waals surface area contributed by atoms with Crippen molar-refractivity contribution in [1.29, 1.82) is 0 Å². The predicted molar refractivity (Wildman–Crippen MR) is 153 cm³/mol. The number of nitrogens with zero attached hydrogens (tertiary/aromatic N) is 1. The van der Waals surface area contributed by atoms with Crippen LogP contribution in [-0.2, 0) is 4.43 Å². The zero-order chi connectivity index (χ0) is 24.7. The molecular weight excluding hydrogens is 442 g/mol. The Hall–Kier alpha value is -1.42. The maximum Gasteiger partial charge on any atom is 0.261 e. The third-order valence-electron chi connectivity index (χ3n) is 8.65. The van der Waals surface area contributed by atoms with Crippen molar-refractivity contribution < 1.29 is 4.43 Å². The van der Waals surface area contributed by atoms with Gasteiger partial charge in [0, 0.05) is 12.1 Å². The monoisotopic (exact) mass is 491 g/mol. The Balaban J connectivity index is 1.55. The largest absolute Gasteiger partial charge is 0.406 e. The summed E-state index contributed by atoms with van der Waals surface area (Å²) in [6, 6.07) is 23.7. The molecule has 1 saturated carbocycles. The molecule has 1 saturated heterocycles. The quantitative estimate of drug-likeness (QED) is 0.177. The molecule has 1 unspecified atom stereocenters. The first-order valence-electron chi connectivity index (χ1n) is 14.5. The standard InChI is InChI=1S/C32H49NOSi/c1-5-6-7-8-18-25-33-30(31(33)27-19-12-9-13-20-27)26-34-35(32(2,3)4,28-21-14-10-15-22-28)29-23-16-11-17-24-29/h10-11,14-17,21-24,27,30-31H,5-9,12-13,18-20,25-26H2,1-4H3/t30-,31-,33?/m0/s1. The lowest BCUT2D eigenvalue weighted by Crippen LogP contribution is -2.67. The van der Waals surface area contributed by atoms with Gasteiger partial charge in [0.15, 0.2) is 0 Å². The van der Waals surface area contributed by atoms with E-state index in [0.29, 0.717) is 6.04 Å². The summed E-state index contributed by atoms with van der Waals surface area (Å²) in [7, 11) is -2.46. The average Bonchev–Trinajstić information content (AvgIpc) is 3.58. The summed E-state index contributed by atoms with van der Waals surface area (Å²) >= 11 is 0. The zero-order valence-electron chi connectivity index (χ0n) is 22.8. The van der Waals surface area contributed by atoms with Crippen LogP contribution < -0.4 is 10.4 Å². The first kappa shape index (κ1) is 26.6. The molecule has 0 bridgehead atoms. The van der Waals surface area contributed by atoms with Crippen molar-refractivity contribution in [1.82, 2.24) is 4.90 Å². The van der Waals surface area contributed by atoms with Crippen LogP contribution in [0.2, 0.25) is 5.04 Å². The van der Waals surface area contributed by atoms with Gasteiger partial charge in [-0.1, -0.05) is 133 Å². The van der Waals surface area contributed by atoms with Crippen molar-refractivity contribution in [2.45, 2.75) is 109 Å². The number of hydrogen-bond donors (Lipinski definition) is 0. The zero-order valence-corrected chi connectivity index (χ0v) is 23.8. The Labute approximate surface area is 216 Å². The minimum Gasteiger partial charge on any atom is -0.406 e. The molecule has 2 aliphatic rings. The summed E-state index contributed by atoms with van der Waals surface area (Å²) in [4.78, 5) is 2.83. The van der Waals surface area contributed by atoms with Gasteiger partial charge in [-0.05, 0) is 47.1 Å². The predicted octanol–water partition coefficient (Wildman–Crippen LogP) is 7.17. The van der Waals surface area contributed by atoms with Gasteiger partial charge in [0.05, 0.1) is 6.61 Å². The lowest BCUT2D eigenvalue weighted by molar-refractivity contribution is 0.276. The number of benzene rings is 2. The molecule has 1 aliphatic heterocycles. The molecule has 2 aromatic rings. The second kappa shape index (κ2) is 12.2. The van der Waals surface area contributed by atoms with E-state index in [2.05, 4.69) is 93.3 Å². The van der Waals surface area contributed by atoms with E-state index in [-0.39, 0.29) is 5.04 Å². The normalized spacial score (nSPS) is 23.4. The van der Waals surface area contributed by atoms with Crippen molar-refractivity contribution >= 4 is 18.7 Å². The highest BCUT2D eigenvalue weighted by molar-refractivity contribution is 6.99. The van der Waals surface area contributed by atoms with Crippen molar-refractivity contribution in [2.75, 3.05) is 13.2 Å². The van der Waals surface area contributed by atoms with E-state index in [1.165, 1.54) is 81.1 Å². The molecule has 1 heterocycles. The van der Waals surface area contributed by atoms with Crippen LogP contribution in [0.1, 0.15) is 91.9 Å². The van der Waals surface area contributed by atoms with Crippen LogP contribution in [0.5, 0.6) is 0 Å². The van der Waals surface area contributed by atoms with E-state index in [4.69, 9.17) is 4.43 Å². The lowest BCUT2D eigenvalue weighted by atomic mass is 9.86. The molecule has 3 heteroatoms. The number of rotatable bonds is 12. The molecule has 4 rings (SSSR count). The van der Waals surface area contributed by atoms with Gasteiger partial charge in [0.2, 0.25) is 0 Å². The second-order valence-electron chi connectivity index (χ2n) is 12.1. The van der Waals surface area contributed by atoms with Gasteiger partial charge in [-0.15, -0.1) is 0 Å². The molecule has 2 fully saturated rings. The average molecular weight is 492 g/mol. The molecule has 0 N–H and O–H groups in total. The third kappa shape index (κ3) is 6.11. The maximum absolute atomic E-state index is 7.38. The Bertz CT molecular complexity index is 832. The van der Waals surface area contributed by atoms with Gasteiger partial charge < -0.3 is 4.43 Å². The van der Waals surface area contributed by atoms with Crippen LogP contribution in [0.3, 0.4) is 0 Å². The summed E-state index contributed by atoms with van der Waals surface area (Å²) in [5, 5.41) is 2.86. The molecule has 3 atom stereocenters. The van der Waals surface area contributed by atoms with Gasteiger partial charge in [-0.3, -0.25) is 4.90 Å². The first-order valence-corrected chi connectivity index (χ1v) is 16.4. The van der Waals surface area contributed by atoms with Gasteiger partial charge in [0.25, 0.3) is 8.32 Å². The van der Waals surface area contributed by atoms with Crippen LogP contribution in [-0.4, -0.2) is 38.5 Å². The Kier molecular flexibility index (Phi) is 9.29. The molecule has 2 aromatic carbocycles. The van der Waals surface area contributed by atoms with Crippen molar-refractivity contribution in [3.63, 3.8) is 0 Å². The number of hydrogen-bond acceptors (Lipinski definition) is 2. The smallest absolute Gasteiger partial charge is 0.261 e. The Morgan fingerprint density at radius 2 is 1.37 bits per heavy atom. The van der Waals surface area contributed by atoms with Crippen LogP contribution in [0, 0.1) is 5.92 Å². The molecule has 192 valence electrons. The highest BCUT2D eigenvalue weighted by atomic mass is 28.4. The van der Waals surface area contributed by atoms with E-state index in [9.17, 15) is 0 Å². The van der Waals surface area contributed by atoms with Crippen LogP contribution in [0.25, 0.3) is 0 Å². The summed E-state index contributed by atoms with van der Waals surface area (Å²) < 4.78 is 7.38. The molecule has 2 nitrogen and oxygen atoms in total. The minimum absolute atomic E-state index is 0.0515. The van der Waals surface area contributed by atoms with Gasteiger partial charge >= 0.3 is 0 Å². The topological polar surface area (TPSA) is 12.2 Å². The first-order chi connectivity index (χ1) is 17.0. The molecule has 0 spiro atoms. The molecule has 0 aromatic heterocycles. The summed E-state index contributed by atoms with van der Waals surface area (Å²) in [6.07, 6.45) is 13.9. The molecule has 1 aliphatic carbocycles. The van der Waals surface area contributed by atoms with E-state index in [1.54, 1.807) is 0 Å². The maximum atomic E-state index is 7.38. The second-order valence-corrected chi connectivity index (χ2v) is 16.4.